The van der Waals surface area contributed by atoms with Crippen LogP contribution in [-0.4, -0.2) is 46.7 Å². The Hall–Kier alpha value is -3.85. The fourth-order valence-electron chi connectivity index (χ4n) is 4.61. The topological polar surface area (TPSA) is 87.0 Å². The standard InChI is InChI=1S/C26H25N5O3S/c1-33-19-8-6-17(7-9-19)20-14-23(24-5-4-12-34-24)31(29-20)26-28-22(16-35-26)18-13-21(27-15-18)25(32)30-10-2-3-11-30/h4-9,12-13,15-16,23,27H,2-3,10-11,14H2,1H3/t23-/m0/s1. The van der Waals surface area contributed by atoms with E-state index in [1.54, 1.807) is 13.4 Å². The molecule has 3 aromatic heterocycles. The Morgan fingerprint density at radius 3 is 2.74 bits per heavy atom. The molecular formula is C26H25N5O3S. The lowest BCUT2D eigenvalue weighted by Gasteiger charge is -2.18. The zero-order valence-corrected chi connectivity index (χ0v) is 20.1. The van der Waals surface area contributed by atoms with E-state index in [-0.39, 0.29) is 11.9 Å². The van der Waals surface area contributed by atoms with Gasteiger partial charge >= 0.3 is 0 Å². The number of aromatic amines is 1. The van der Waals surface area contributed by atoms with Gasteiger partial charge in [0.05, 0.1) is 24.8 Å². The number of anilines is 1. The van der Waals surface area contributed by atoms with E-state index in [0.717, 1.165) is 65.1 Å². The van der Waals surface area contributed by atoms with E-state index in [2.05, 4.69) is 4.98 Å². The van der Waals surface area contributed by atoms with Crippen LogP contribution in [0.1, 0.15) is 47.1 Å². The summed E-state index contributed by atoms with van der Waals surface area (Å²) in [7, 11) is 1.66. The van der Waals surface area contributed by atoms with E-state index in [1.807, 2.05) is 64.0 Å². The van der Waals surface area contributed by atoms with E-state index in [0.29, 0.717) is 12.1 Å². The Morgan fingerprint density at radius 1 is 1.17 bits per heavy atom. The van der Waals surface area contributed by atoms with Crippen molar-refractivity contribution < 1.29 is 13.9 Å². The minimum Gasteiger partial charge on any atom is -0.497 e. The fraction of sp³-hybridized carbons (Fsp3) is 0.269. The van der Waals surface area contributed by atoms with Crippen molar-refractivity contribution in [3.8, 4) is 17.0 Å². The predicted octanol–water partition coefficient (Wildman–Crippen LogP) is 5.33. The zero-order valence-electron chi connectivity index (χ0n) is 19.3. The normalized spacial score (nSPS) is 17.7. The summed E-state index contributed by atoms with van der Waals surface area (Å²) in [5.74, 6) is 1.70. The van der Waals surface area contributed by atoms with Crippen LogP contribution < -0.4 is 9.75 Å². The maximum Gasteiger partial charge on any atom is 0.270 e. The van der Waals surface area contributed by atoms with Gasteiger partial charge < -0.3 is 19.0 Å². The van der Waals surface area contributed by atoms with Crippen molar-refractivity contribution in [2.24, 2.45) is 5.10 Å². The maximum absolute atomic E-state index is 12.7. The van der Waals surface area contributed by atoms with Crippen LogP contribution in [0.4, 0.5) is 5.13 Å². The summed E-state index contributed by atoms with van der Waals surface area (Å²) in [6.45, 7) is 1.65. The summed E-state index contributed by atoms with van der Waals surface area (Å²) in [4.78, 5) is 22.6. The van der Waals surface area contributed by atoms with Gasteiger partial charge in [-0.3, -0.25) is 4.79 Å². The van der Waals surface area contributed by atoms with Crippen LogP contribution in [0.3, 0.4) is 0 Å². The lowest BCUT2D eigenvalue weighted by atomic mass is 10.0. The molecule has 0 radical (unpaired) electrons. The van der Waals surface area contributed by atoms with Gasteiger partial charge in [0.2, 0.25) is 5.13 Å². The number of aromatic nitrogens is 2. The first-order valence-corrected chi connectivity index (χ1v) is 12.6. The van der Waals surface area contributed by atoms with Gasteiger partial charge in [0, 0.05) is 36.7 Å². The highest BCUT2D eigenvalue weighted by Gasteiger charge is 2.33. The highest BCUT2D eigenvalue weighted by molar-refractivity contribution is 7.14. The molecule has 1 amide bonds. The number of thiazole rings is 1. The minimum absolute atomic E-state index is 0.0513. The van der Waals surface area contributed by atoms with Crippen molar-refractivity contribution in [1.82, 2.24) is 14.9 Å². The van der Waals surface area contributed by atoms with Crippen LogP contribution in [0.15, 0.2) is 69.8 Å². The average Bonchev–Trinajstić information content (AvgIpc) is 3.71. The molecule has 2 aliphatic rings. The summed E-state index contributed by atoms with van der Waals surface area (Å²) in [5.41, 5.74) is 4.31. The van der Waals surface area contributed by atoms with E-state index in [4.69, 9.17) is 19.2 Å². The van der Waals surface area contributed by atoms with Gasteiger partial charge in [0.1, 0.15) is 23.2 Å². The number of hydrogen-bond donors (Lipinski definition) is 1. The quantitative estimate of drug-likeness (QED) is 0.397. The molecule has 4 aromatic rings. The third-order valence-corrected chi connectivity index (χ3v) is 7.33. The van der Waals surface area contributed by atoms with Gasteiger partial charge in [0.15, 0.2) is 0 Å². The van der Waals surface area contributed by atoms with Crippen molar-refractivity contribution in [3.05, 3.63) is 77.3 Å². The molecule has 6 rings (SSSR count). The van der Waals surface area contributed by atoms with Crippen LogP contribution in [-0.2, 0) is 0 Å². The van der Waals surface area contributed by atoms with Crippen molar-refractivity contribution in [3.63, 3.8) is 0 Å². The third kappa shape index (κ3) is 4.12. The fourth-order valence-corrected chi connectivity index (χ4v) is 5.44. The minimum atomic E-state index is -0.0837. The number of amides is 1. The first kappa shape index (κ1) is 21.7. The van der Waals surface area contributed by atoms with Crippen molar-refractivity contribution in [1.29, 1.82) is 0 Å². The number of carbonyl (C=O) groups is 1. The Balaban J connectivity index is 1.28. The van der Waals surface area contributed by atoms with Gasteiger partial charge in [-0.15, -0.1) is 11.3 Å². The third-order valence-electron chi connectivity index (χ3n) is 6.50. The number of likely N-dealkylation sites (tertiary alicyclic amines) is 1. The Kier molecular flexibility index (Phi) is 5.61. The van der Waals surface area contributed by atoms with E-state index in [9.17, 15) is 4.79 Å². The van der Waals surface area contributed by atoms with Gasteiger partial charge in [0.25, 0.3) is 5.91 Å². The Labute approximate surface area is 206 Å². The molecule has 1 N–H and O–H groups in total. The van der Waals surface area contributed by atoms with Gasteiger partial charge in [-0.2, -0.15) is 5.10 Å². The van der Waals surface area contributed by atoms with Crippen molar-refractivity contribution in [2.45, 2.75) is 25.3 Å². The molecular weight excluding hydrogens is 462 g/mol. The van der Waals surface area contributed by atoms with Crippen LogP contribution in [0.5, 0.6) is 5.75 Å². The molecule has 2 aliphatic heterocycles. The molecule has 35 heavy (non-hydrogen) atoms. The average molecular weight is 488 g/mol. The number of hydrogen-bond acceptors (Lipinski definition) is 7. The van der Waals surface area contributed by atoms with Gasteiger partial charge in [-0.25, -0.2) is 9.99 Å². The van der Waals surface area contributed by atoms with Crippen molar-refractivity contribution in [2.75, 3.05) is 25.2 Å². The predicted molar refractivity (Wildman–Crippen MR) is 135 cm³/mol. The summed E-state index contributed by atoms with van der Waals surface area (Å²) in [6, 6.07) is 13.6. The largest absolute Gasteiger partial charge is 0.497 e. The number of benzene rings is 1. The second kappa shape index (κ2) is 9.07. The maximum atomic E-state index is 12.7. The Morgan fingerprint density at radius 2 is 2.00 bits per heavy atom. The number of furan rings is 1. The van der Waals surface area contributed by atoms with Gasteiger partial charge in [-0.05, 0) is 60.9 Å². The lowest BCUT2D eigenvalue weighted by Crippen LogP contribution is -2.27. The van der Waals surface area contributed by atoms with Crippen LogP contribution in [0, 0.1) is 0 Å². The number of hydrazone groups is 1. The van der Waals surface area contributed by atoms with Crippen LogP contribution in [0.2, 0.25) is 0 Å². The number of methoxy groups -OCH3 is 1. The van der Waals surface area contributed by atoms with E-state index in [1.165, 1.54) is 11.3 Å². The molecule has 0 spiro atoms. The highest BCUT2D eigenvalue weighted by Crippen LogP contribution is 2.39. The molecule has 1 saturated heterocycles. The van der Waals surface area contributed by atoms with E-state index < -0.39 is 0 Å². The molecule has 178 valence electrons. The molecule has 1 aromatic carbocycles. The summed E-state index contributed by atoms with van der Waals surface area (Å²) < 4.78 is 11.0. The number of nitrogens with one attached hydrogen (secondary N) is 1. The monoisotopic (exact) mass is 487 g/mol. The molecule has 0 saturated carbocycles. The summed E-state index contributed by atoms with van der Waals surface area (Å²) >= 11 is 1.53. The first-order chi connectivity index (χ1) is 17.2. The van der Waals surface area contributed by atoms with Gasteiger partial charge in [-0.1, -0.05) is 0 Å². The second-order valence-electron chi connectivity index (χ2n) is 8.67. The molecule has 8 nitrogen and oxygen atoms in total. The number of H-pyrrole nitrogens is 1. The summed E-state index contributed by atoms with van der Waals surface area (Å²) in [5, 5.41) is 9.66. The van der Waals surface area contributed by atoms with Crippen molar-refractivity contribution >= 4 is 28.1 Å². The molecule has 1 atom stereocenters. The number of nitrogens with zero attached hydrogens (tertiary/aromatic N) is 4. The molecule has 0 unspecified atom stereocenters. The molecule has 0 aliphatic carbocycles. The lowest BCUT2D eigenvalue weighted by molar-refractivity contribution is 0.0787. The molecule has 1 fully saturated rings. The Bertz CT molecular complexity index is 1350. The first-order valence-electron chi connectivity index (χ1n) is 11.7. The molecule has 9 heteroatoms. The number of rotatable bonds is 6. The zero-order chi connectivity index (χ0) is 23.8. The van der Waals surface area contributed by atoms with Crippen LogP contribution in [0.25, 0.3) is 11.3 Å². The highest BCUT2D eigenvalue weighted by atomic mass is 32.1. The molecule has 5 heterocycles. The number of carbonyl (C=O) groups excluding carboxylic acids is 1. The van der Waals surface area contributed by atoms with E-state index >= 15 is 0 Å². The summed E-state index contributed by atoms with van der Waals surface area (Å²) in [6.07, 6.45) is 6.38. The smallest absolute Gasteiger partial charge is 0.270 e. The SMILES string of the molecule is COc1ccc(C2=NN(c3nc(-c4c[nH]c(C(=O)N5CCCC5)c4)cs3)[C@H](c3ccco3)C2)cc1. The second-order valence-corrected chi connectivity index (χ2v) is 9.51. The molecule has 0 bridgehead atoms. The van der Waals surface area contributed by atoms with Crippen LogP contribution >= 0.6 is 11.3 Å². The number of ether oxygens (including phenoxy) is 1.